The summed E-state index contributed by atoms with van der Waals surface area (Å²) in [4.78, 5) is 19.2. The van der Waals surface area contributed by atoms with Crippen molar-refractivity contribution in [1.82, 2.24) is 14.2 Å². The Morgan fingerprint density at radius 2 is 2.00 bits per heavy atom. The monoisotopic (exact) mass is 413 g/mol. The smallest absolute Gasteiger partial charge is 0.243 e. The maximum absolute atomic E-state index is 13.0. The predicted molar refractivity (Wildman–Crippen MR) is 110 cm³/mol. The Kier molecular flexibility index (Phi) is 5.21. The van der Waals surface area contributed by atoms with Crippen LogP contribution in [0.2, 0.25) is 0 Å². The van der Waals surface area contributed by atoms with Crippen LogP contribution in [-0.2, 0) is 27.8 Å². The Hall–Kier alpha value is -2.25. The van der Waals surface area contributed by atoms with Crippen molar-refractivity contribution in [1.29, 1.82) is 0 Å². The van der Waals surface area contributed by atoms with E-state index in [0.29, 0.717) is 24.5 Å². The van der Waals surface area contributed by atoms with Crippen molar-refractivity contribution in [3.63, 3.8) is 0 Å². The first-order valence-corrected chi connectivity index (χ1v) is 11.5. The second kappa shape index (κ2) is 7.54. The zero-order valence-corrected chi connectivity index (χ0v) is 17.7. The van der Waals surface area contributed by atoms with Gasteiger partial charge in [0.2, 0.25) is 15.9 Å². The number of nitrogens with zero attached hydrogens (tertiary/aromatic N) is 3. The van der Waals surface area contributed by atoms with Gasteiger partial charge in [-0.25, -0.2) is 8.42 Å². The van der Waals surface area contributed by atoms with E-state index in [1.54, 1.807) is 34.6 Å². The SMILES string of the molecule is CCc1ccc(S(=O)(=O)N2CC[C@]3(C[C@H]3C(=O)N(C)Cc3ccccn3)C2)cc1. The van der Waals surface area contributed by atoms with Gasteiger partial charge in [-0.3, -0.25) is 9.78 Å². The number of hydrogen-bond donors (Lipinski definition) is 0. The Morgan fingerprint density at radius 1 is 1.24 bits per heavy atom. The van der Waals surface area contributed by atoms with Crippen molar-refractivity contribution < 1.29 is 13.2 Å². The molecule has 2 fully saturated rings. The van der Waals surface area contributed by atoms with E-state index in [9.17, 15) is 13.2 Å². The van der Waals surface area contributed by atoms with Gasteiger partial charge in [0.15, 0.2) is 0 Å². The van der Waals surface area contributed by atoms with Crippen LogP contribution in [0.5, 0.6) is 0 Å². The van der Waals surface area contributed by atoms with Crippen LogP contribution >= 0.6 is 0 Å². The molecular formula is C22H27N3O3S. The van der Waals surface area contributed by atoms with E-state index in [0.717, 1.165) is 30.5 Å². The molecule has 0 radical (unpaired) electrons. The molecule has 1 amide bonds. The highest BCUT2D eigenvalue weighted by atomic mass is 32.2. The van der Waals surface area contributed by atoms with Gasteiger partial charge in [0.25, 0.3) is 0 Å². The van der Waals surface area contributed by atoms with Crippen LogP contribution < -0.4 is 0 Å². The van der Waals surface area contributed by atoms with E-state index in [1.807, 2.05) is 37.3 Å². The molecule has 2 heterocycles. The molecule has 1 aliphatic carbocycles. The van der Waals surface area contributed by atoms with Crippen LogP contribution in [-0.4, -0.2) is 48.7 Å². The molecule has 0 unspecified atom stereocenters. The third-order valence-corrected chi connectivity index (χ3v) is 8.17. The molecule has 4 rings (SSSR count). The summed E-state index contributed by atoms with van der Waals surface area (Å²) in [7, 11) is -1.72. The summed E-state index contributed by atoms with van der Waals surface area (Å²) >= 11 is 0. The maximum Gasteiger partial charge on any atom is 0.243 e. The predicted octanol–water partition coefficient (Wildman–Crippen LogP) is 2.70. The molecule has 2 atom stereocenters. The van der Waals surface area contributed by atoms with Crippen molar-refractivity contribution in [2.24, 2.45) is 11.3 Å². The number of pyridine rings is 1. The summed E-state index contributed by atoms with van der Waals surface area (Å²) in [6.45, 7) is 3.42. The number of aryl methyl sites for hydroxylation is 1. The van der Waals surface area contributed by atoms with Crippen molar-refractivity contribution in [2.45, 2.75) is 37.6 Å². The molecule has 7 heteroatoms. The molecule has 6 nitrogen and oxygen atoms in total. The normalized spacial score (nSPS) is 24.0. The zero-order chi connectivity index (χ0) is 20.6. The first-order chi connectivity index (χ1) is 13.9. The van der Waals surface area contributed by atoms with Gasteiger partial charge in [-0.2, -0.15) is 4.31 Å². The molecule has 29 heavy (non-hydrogen) atoms. The highest BCUT2D eigenvalue weighted by molar-refractivity contribution is 7.89. The molecule has 154 valence electrons. The fourth-order valence-electron chi connectivity index (χ4n) is 4.33. The average Bonchev–Trinajstić information content (AvgIpc) is 3.26. The van der Waals surface area contributed by atoms with Gasteiger partial charge in [0.05, 0.1) is 17.1 Å². The van der Waals surface area contributed by atoms with Crippen LogP contribution in [0, 0.1) is 11.3 Å². The second-order valence-corrected chi connectivity index (χ2v) is 10.2. The molecule has 1 aromatic heterocycles. The van der Waals surface area contributed by atoms with Gasteiger partial charge in [0.1, 0.15) is 0 Å². The Labute approximate surface area is 172 Å². The molecule has 0 N–H and O–H groups in total. The molecule has 2 aliphatic rings. The summed E-state index contributed by atoms with van der Waals surface area (Å²) in [5.41, 5.74) is 1.76. The number of hydrogen-bond acceptors (Lipinski definition) is 4. The molecule has 2 aromatic rings. The van der Waals surface area contributed by atoms with Gasteiger partial charge in [-0.15, -0.1) is 0 Å². The lowest BCUT2D eigenvalue weighted by Crippen LogP contribution is -2.32. The number of carbonyl (C=O) groups excluding carboxylic acids is 1. The number of carbonyl (C=O) groups is 1. The minimum atomic E-state index is -3.51. The minimum absolute atomic E-state index is 0.0854. The maximum atomic E-state index is 13.0. The first-order valence-electron chi connectivity index (χ1n) is 10.1. The number of sulfonamides is 1. The molecule has 1 saturated carbocycles. The molecule has 1 aromatic carbocycles. The standard InChI is InChI=1S/C22H27N3O3S/c1-3-17-7-9-19(10-8-17)29(27,28)25-13-11-22(16-25)14-20(22)21(26)24(2)15-18-6-4-5-12-23-18/h4-10,12,20H,3,11,13-16H2,1-2H3/t20-,22-/m0/s1. The van der Waals surface area contributed by atoms with Gasteiger partial charge in [-0.05, 0) is 54.5 Å². The van der Waals surface area contributed by atoms with Gasteiger partial charge in [-0.1, -0.05) is 25.1 Å². The van der Waals surface area contributed by atoms with Crippen molar-refractivity contribution in [3.8, 4) is 0 Å². The Balaban J connectivity index is 1.41. The molecule has 0 bridgehead atoms. The molecule has 1 spiro atoms. The van der Waals surface area contributed by atoms with E-state index >= 15 is 0 Å². The lowest BCUT2D eigenvalue weighted by molar-refractivity contribution is -0.132. The van der Waals surface area contributed by atoms with E-state index < -0.39 is 10.0 Å². The summed E-state index contributed by atoms with van der Waals surface area (Å²) in [5.74, 6) is -0.0129. The summed E-state index contributed by atoms with van der Waals surface area (Å²) in [6, 6.07) is 12.8. The molecule has 1 aliphatic heterocycles. The summed E-state index contributed by atoms with van der Waals surface area (Å²) in [6.07, 6.45) is 4.11. The summed E-state index contributed by atoms with van der Waals surface area (Å²) < 4.78 is 27.6. The number of amides is 1. The van der Waals surface area contributed by atoms with Crippen LogP contribution in [0.3, 0.4) is 0 Å². The van der Waals surface area contributed by atoms with E-state index in [2.05, 4.69) is 4.98 Å². The highest BCUT2D eigenvalue weighted by Gasteiger charge is 2.62. The van der Waals surface area contributed by atoms with Crippen LogP contribution in [0.1, 0.15) is 31.0 Å². The van der Waals surface area contributed by atoms with Crippen molar-refractivity contribution >= 4 is 15.9 Å². The van der Waals surface area contributed by atoms with Crippen LogP contribution in [0.15, 0.2) is 53.6 Å². The number of rotatable bonds is 6. The van der Waals surface area contributed by atoms with Crippen LogP contribution in [0.25, 0.3) is 0 Å². The van der Waals surface area contributed by atoms with Crippen molar-refractivity contribution in [3.05, 3.63) is 59.9 Å². The first kappa shape index (κ1) is 20.0. The lowest BCUT2D eigenvalue weighted by atomic mass is 10.0. The van der Waals surface area contributed by atoms with Gasteiger partial charge in [0, 0.05) is 32.3 Å². The van der Waals surface area contributed by atoms with E-state index in [-0.39, 0.29) is 17.2 Å². The van der Waals surface area contributed by atoms with Crippen LogP contribution in [0.4, 0.5) is 0 Å². The largest absolute Gasteiger partial charge is 0.340 e. The molecular weight excluding hydrogens is 386 g/mol. The van der Waals surface area contributed by atoms with Gasteiger partial charge >= 0.3 is 0 Å². The van der Waals surface area contributed by atoms with Gasteiger partial charge < -0.3 is 4.90 Å². The molecule has 1 saturated heterocycles. The minimum Gasteiger partial charge on any atom is -0.340 e. The average molecular weight is 414 g/mol. The Morgan fingerprint density at radius 3 is 2.66 bits per heavy atom. The lowest BCUT2D eigenvalue weighted by Gasteiger charge is -2.19. The Bertz CT molecular complexity index is 992. The fraction of sp³-hybridized carbons (Fsp3) is 0.455. The quantitative estimate of drug-likeness (QED) is 0.730. The summed E-state index contributed by atoms with van der Waals surface area (Å²) in [5, 5.41) is 0. The highest BCUT2D eigenvalue weighted by Crippen LogP contribution is 2.59. The number of aromatic nitrogens is 1. The van der Waals surface area contributed by atoms with E-state index in [1.165, 1.54) is 0 Å². The van der Waals surface area contributed by atoms with Crippen molar-refractivity contribution in [2.75, 3.05) is 20.1 Å². The fourth-order valence-corrected chi connectivity index (χ4v) is 5.87. The second-order valence-electron chi connectivity index (χ2n) is 8.22. The zero-order valence-electron chi connectivity index (χ0n) is 16.9. The third kappa shape index (κ3) is 3.81. The third-order valence-electron chi connectivity index (χ3n) is 6.31. The number of benzene rings is 1. The van der Waals surface area contributed by atoms with E-state index in [4.69, 9.17) is 0 Å². The topological polar surface area (TPSA) is 70.6 Å².